The van der Waals surface area contributed by atoms with Crippen molar-refractivity contribution in [3.8, 4) is 0 Å². The van der Waals surface area contributed by atoms with Gasteiger partial charge in [0.15, 0.2) is 5.78 Å². The van der Waals surface area contributed by atoms with Crippen LogP contribution in [0.4, 0.5) is 4.79 Å². The number of carbonyl (C=O) groups excluding carboxylic acids is 2. The molecule has 0 aliphatic heterocycles. The molecule has 0 fully saturated rings. The minimum Gasteiger partial charge on any atom is -0.444 e. The predicted octanol–water partition coefficient (Wildman–Crippen LogP) is 2.10. The summed E-state index contributed by atoms with van der Waals surface area (Å²) in [5, 5.41) is 2.42. The second kappa shape index (κ2) is 5.62. The number of nitrogens with zero attached hydrogens (tertiary/aromatic N) is 1. The smallest absolute Gasteiger partial charge is 0.408 e. The quantitative estimate of drug-likeness (QED) is 0.834. The lowest BCUT2D eigenvalue weighted by Crippen LogP contribution is -2.35. The number of ether oxygens (including phenoxy) is 1. The largest absolute Gasteiger partial charge is 0.444 e. The van der Waals surface area contributed by atoms with Gasteiger partial charge in [-0.05, 0) is 39.3 Å². The molecule has 0 aromatic carbocycles. The minimum atomic E-state index is -0.600. The number of aryl methyl sites for hydroxylation is 1. The third-order valence-electron chi connectivity index (χ3n) is 1.99. The fourth-order valence-electron chi connectivity index (χ4n) is 1.28. The topological polar surface area (TPSA) is 68.3 Å². The molecule has 1 N–H and O–H groups in total. The molecule has 1 amide bonds. The molecule has 0 unspecified atom stereocenters. The van der Waals surface area contributed by atoms with Crippen molar-refractivity contribution in [3.05, 3.63) is 29.6 Å². The molecule has 0 bridgehead atoms. The maximum Gasteiger partial charge on any atom is 0.408 e. The Hall–Kier alpha value is -1.91. The summed E-state index contributed by atoms with van der Waals surface area (Å²) in [6.45, 7) is 7.04. The molecule has 5 heteroatoms. The third kappa shape index (κ3) is 4.95. The molecule has 1 aromatic rings. The van der Waals surface area contributed by atoms with E-state index >= 15 is 0 Å². The van der Waals surface area contributed by atoms with Crippen LogP contribution in [0.2, 0.25) is 0 Å². The van der Waals surface area contributed by atoms with Crippen LogP contribution in [0, 0.1) is 6.92 Å². The number of pyridine rings is 1. The van der Waals surface area contributed by atoms with E-state index < -0.39 is 11.7 Å². The zero-order chi connectivity index (χ0) is 13.8. The van der Waals surface area contributed by atoms with Gasteiger partial charge in [0.2, 0.25) is 0 Å². The van der Waals surface area contributed by atoms with Crippen LogP contribution < -0.4 is 5.32 Å². The number of hydrogen-bond donors (Lipinski definition) is 1. The summed E-state index contributed by atoms with van der Waals surface area (Å²) in [6, 6.07) is 1.73. The van der Waals surface area contributed by atoms with Gasteiger partial charge in [0.1, 0.15) is 5.60 Å². The normalized spacial score (nSPS) is 10.9. The van der Waals surface area contributed by atoms with Crippen molar-refractivity contribution in [1.82, 2.24) is 10.3 Å². The highest BCUT2D eigenvalue weighted by Gasteiger charge is 2.17. The standard InChI is InChI=1S/C13H18N2O3/c1-9-5-10(7-14-6-9)11(16)8-15-12(17)18-13(2,3)4/h5-7H,8H2,1-4H3,(H,15,17). The average molecular weight is 250 g/mol. The van der Waals surface area contributed by atoms with Gasteiger partial charge in [0.05, 0.1) is 6.54 Å². The van der Waals surface area contributed by atoms with E-state index in [1.54, 1.807) is 33.0 Å². The minimum absolute atomic E-state index is 0.0972. The Labute approximate surface area is 107 Å². The molecule has 0 atom stereocenters. The molecule has 0 radical (unpaired) electrons. The van der Waals surface area contributed by atoms with Gasteiger partial charge in [0, 0.05) is 18.0 Å². The monoisotopic (exact) mass is 250 g/mol. The van der Waals surface area contributed by atoms with E-state index in [0.717, 1.165) is 5.56 Å². The van der Waals surface area contributed by atoms with Crippen molar-refractivity contribution in [2.75, 3.05) is 6.54 Å². The number of Topliss-reactive ketones (excluding diaryl/α,β-unsaturated/α-hetero) is 1. The van der Waals surface area contributed by atoms with Crippen LogP contribution in [0.25, 0.3) is 0 Å². The van der Waals surface area contributed by atoms with Gasteiger partial charge >= 0.3 is 6.09 Å². The molecule has 5 nitrogen and oxygen atoms in total. The summed E-state index contributed by atoms with van der Waals surface area (Å²) in [5.41, 5.74) is 0.807. The van der Waals surface area contributed by atoms with Crippen LogP contribution >= 0.6 is 0 Å². The molecule has 0 aliphatic rings. The fourth-order valence-corrected chi connectivity index (χ4v) is 1.28. The van der Waals surface area contributed by atoms with Crippen molar-refractivity contribution < 1.29 is 14.3 Å². The number of nitrogens with one attached hydrogen (secondary N) is 1. The summed E-state index contributed by atoms with van der Waals surface area (Å²) in [6.07, 6.45) is 2.54. The first kappa shape index (κ1) is 14.2. The number of alkyl carbamates (subject to hydrolysis) is 1. The number of carbonyl (C=O) groups is 2. The Balaban J connectivity index is 2.49. The van der Waals surface area contributed by atoms with Crippen molar-refractivity contribution in [2.24, 2.45) is 0 Å². The average Bonchev–Trinajstić information content (AvgIpc) is 2.23. The molecule has 1 aromatic heterocycles. The summed E-state index contributed by atoms with van der Waals surface area (Å²) in [5.74, 6) is -0.197. The number of rotatable bonds is 3. The number of ketones is 1. The lowest BCUT2D eigenvalue weighted by atomic mass is 10.1. The highest BCUT2D eigenvalue weighted by atomic mass is 16.6. The van der Waals surface area contributed by atoms with Crippen LogP contribution in [0.15, 0.2) is 18.5 Å². The summed E-state index contributed by atoms with van der Waals surface area (Å²) in [7, 11) is 0. The van der Waals surface area contributed by atoms with E-state index in [4.69, 9.17) is 4.74 Å². The fraction of sp³-hybridized carbons (Fsp3) is 0.462. The van der Waals surface area contributed by atoms with Gasteiger partial charge in [-0.25, -0.2) is 4.79 Å². The van der Waals surface area contributed by atoms with Crippen molar-refractivity contribution >= 4 is 11.9 Å². The SMILES string of the molecule is Cc1cncc(C(=O)CNC(=O)OC(C)(C)C)c1. The van der Waals surface area contributed by atoms with Gasteiger partial charge in [-0.3, -0.25) is 9.78 Å². The van der Waals surface area contributed by atoms with E-state index in [1.807, 2.05) is 6.92 Å². The molecule has 0 aliphatic carbocycles. The molecule has 0 saturated heterocycles. The lowest BCUT2D eigenvalue weighted by molar-refractivity contribution is 0.0520. The molecule has 98 valence electrons. The van der Waals surface area contributed by atoms with Gasteiger partial charge in [-0.1, -0.05) is 0 Å². The van der Waals surface area contributed by atoms with Gasteiger partial charge < -0.3 is 10.1 Å². The Morgan fingerprint density at radius 1 is 1.33 bits per heavy atom. The zero-order valence-corrected chi connectivity index (χ0v) is 11.1. The molecular formula is C13H18N2O3. The second-order valence-corrected chi connectivity index (χ2v) is 5.03. The maximum atomic E-state index is 11.8. The zero-order valence-electron chi connectivity index (χ0n) is 11.1. The first-order valence-corrected chi connectivity index (χ1v) is 5.69. The number of aromatic nitrogens is 1. The van der Waals surface area contributed by atoms with Gasteiger partial charge in [-0.15, -0.1) is 0 Å². The first-order valence-electron chi connectivity index (χ1n) is 5.69. The van der Waals surface area contributed by atoms with E-state index in [0.29, 0.717) is 5.56 Å². The van der Waals surface area contributed by atoms with E-state index in [-0.39, 0.29) is 12.3 Å². The summed E-state index contributed by atoms with van der Waals surface area (Å²) in [4.78, 5) is 27.0. The molecule has 1 rings (SSSR count). The summed E-state index contributed by atoms with van der Waals surface area (Å²) >= 11 is 0. The van der Waals surface area contributed by atoms with E-state index in [2.05, 4.69) is 10.3 Å². The van der Waals surface area contributed by atoms with Crippen LogP contribution in [-0.4, -0.2) is 29.0 Å². The van der Waals surface area contributed by atoms with Crippen LogP contribution in [-0.2, 0) is 4.74 Å². The Kier molecular flexibility index (Phi) is 4.42. The highest BCUT2D eigenvalue weighted by molar-refractivity contribution is 5.98. The molecule has 18 heavy (non-hydrogen) atoms. The van der Waals surface area contributed by atoms with Crippen molar-refractivity contribution in [3.63, 3.8) is 0 Å². The first-order chi connectivity index (χ1) is 8.28. The molecule has 1 heterocycles. The molecule has 0 saturated carbocycles. The van der Waals surface area contributed by atoms with Crippen LogP contribution in [0.5, 0.6) is 0 Å². The van der Waals surface area contributed by atoms with Crippen LogP contribution in [0.1, 0.15) is 36.7 Å². The second-order valence-electron chi connectivity index (χ2n) is 5.03. The van der Waals surface area contributed by atoms with E-state index in [9.17, 15) is 9.59 Å². The Morgan fingerprint density at radius 2 is 2.00 bits per heavy atom. The molecular weight excluding hydrogens is 232 g/mol. The molecule has 0 spiro atoms. The van der Waals surface area contributed by atoms with Gasteiger partial charge in [0.25, 0.3) is 0 Å². The van der Waals surface area contributed by atoms with Gasteiger partial charge in [-0.2, -0.15) is 0 Å². The number of hydrogen-bond acceptors (Lipinski definition) is 4. The van der Waals surface area contributed by atoms with Crippen LogP contribution in [0.3, 0.4) is 0 Å². The van der Waals surface area contributed by atoms with Crippen molar-refractivity contribution in [2.45, 2.75) is 33.3 Å². The summed E-state index contributed by atoms with van der Waals surface area (Å²) < 4.78 is 5.03. The van der Waals surface area contributed by atoms with Crippen molar-refractivity contribution in [1.29, 1.82) is 0 Å². The number of amides is 1. The lowest BCUT2D eigenvalue weighted by Gasteiger charge is -2.19. The highest BCUT2D eigenvalue weighted by Crippen LogP contribution is 2.06. The van der Waals surface area contributed by atoms with E-state index in [1.165, 1.54) is 6.20 Å². The Bertz CT molecular complexity index is 450. The Morgan fingerprint density at radius 3 is 2.56 bits per heavy atom. The maximum absolute atomic E-state index is 11.8. The predicted molar refractivity (Wildman–Crippen MR) is 67.5 cm³/mol. The third-order valence-corrected chi connectivity index (χ3v) is 1.99.